The predicted molar refractivity (Wildman–Crippen MR) is 78.0 cm³/mol. The second kappa shape index (κ2) is 6.85. The topological polar surface area (TPSA) is 81.4 Å². The molecule has 2 atom stereocenters. The van der Waals surface area contributed by atoms with E-state index in [2.05, 4.69) is 21.2 Å². The molecular formula is C14H17BrN2O3. The number of rotatable bonds is 7. The van der Waals surface area contributed by atoms with Gasteiger partial charge in [-0.1, -0.05) is 28.1 Å². The highest BCUT2D eigenvalue weighted by Crippen LogP contribution is 2.47. The molecule has 2 rings (SSSR count). The van der Waals surface area contributed by atoms with Gasteiger partial charge in [-0.15, -0.1) is 0 Å². The standard InChI is InChI=1S/C14H17BrN2O3/c15-10-3-1-9(2-4-10)11-7-12(11)14(19)17-5-6-20-8-13(16)18/h1-4,11-12H,5-8H2,(H2,16,18)(H,17,19)/t11-,12+/m0/s1. The zero-order valence-corrected chi connectivity index (χ0v) is 12.6. The van der Waals surface area contributed by atoms with Gasteiger partial charge in [-0.05, 0) is 30.0 Å². The lowest BCUT2D eigenvalue weighted by Gasteiger charge is -2.05. The second-order valence-electron chi connectivity index (χ2n) is 4.81. The van der Waals surface area contributed by atoms with E-state index in [9.17, 15) is 9.59 Å². The summed E-state index contributed by atoms with van der Waals surface area (Å²) >= 11 is 3.39. The monoisotopic (exact) mass is 340 g/mol. The number of carbonyl (C=O) groups excluding carboxylic acids is 2. The first-order chi connectivity index (χ1) is 9.58. The molecule has 0 bridgehead atoms. The molecule has 0 aromatic heterocycles. The number of nitrogens with one attached hydrogen (secondary N) is 1. The van der Waals surface area contributed by atoms with Gasteiger partial charge in [0.1, 0.15) is 6.61 Å². The maximum atomic E-state index is 11.9. The molecule has 2 amide bonds. The van der Waals surface area contributed by atoms with Gasteiger partial charge < -0.3 is 15.8 Å². The summed E-state index contributed by atoms with van der Waals surface area (Å²) in [5, 5.41) is 2.80. The van der Waals surface area contributed by atoms with Crippen LogP contribution in [0.1, 0.15) is 17.9 Å². The van der Waals surface area contributed by atoms with Crippen molar-refractivity contribution in [3.05, 3.63) is 34.3 Å². The first kappa shape index (κ1) is 15.0. The number of carbonyl (C=O) groups is 2. The average Bonchev–Trinajstić information content (AvgIpc) is 3.19. The molecule has 0 spiro atoms. The molecule has 1 saturated carbocycles. The van der Waals surface area contributed by atoms with Gasteiger partial charge in [0, 0.05) is 16.9 Å². The Kier molecular flexibility index (Phi) is 5.14. The van der Waals surface area contributed by atoms with Crippen molar-refractivity contribution in [3.63, 3.8) is 0 Å². The molecule has 1 aromatic carbocycles. The lowest BCUT2D eigenvalue weighted by Crippen LogP contribution is -2.30. The van der Waals surface area contributed by atoms with Gasteiger partial charge in [-0.25, -0.2) is 0 Å². The highest BCUT2D eigenvalue weighted by atomic mass is 79.9. The number of halogens is 1. The van der Waals surface area contributed by atoms with Gasteiger partial charge in [0.2, 0.25) is 11.8 Å². The molecule has 20 heavy (non-hydrogen) atoms. The minimum absolute atomic E-state index is 0.0422. The van der Waals surface area contributed by atoms with E-state index in [1.807, 2.05) is 24.3 Å². The van der Waals surface area contributed by atoms with E-state index in [4.69, 9.17) is 10.5 Å². The molecule has 5 nitrogen and oxygen atoms in total. The Hall–Kier alpha value is -1.40. The van der Waals surface area contributed by atoms with Crippen LogP contribution in [0.25, 0.3) is 0 Å². The van der Waals surface area contributed by atoms with Crippen molar-refractivity contribution >= 4 is 27.7 Å². The van der Waals surface area contributed by atoms with Gasteiger partial charge in [0.05, 0.1) is 6.61 Å². The van der Waals surface area contributed by atoms with Gasteiger partial charge in [-0.2, -0.15) is 0 Å². The summed E-state index contributed by atoms with van der Waals surface area (Å²) in [5.74, 6) is -0.101. The van der Waals surface area contributed by atoms with Crippen LogP contribution in [0.5, 0.6) is 0 Å². The Bertz CT molecular complexity index is 490. The van der Waals surface area contributed by atoms with Gasteiger partial charge in [-0.3, -0.25) is 9.59 Å². The van der Waals surface area contributed by atoms with Crippen molar-refractivity contribution in [2.75, 3.05) is 19.8 Å². The molecule has 108 valence electrons. The Morgan fingerprint density at radius 3 is 2.70 bits per heavy atom. The molecule has 0 unspecified atom stereocenters. The van der Waals surface area contributed by atoms with Crippen molar-refractivity contribution in [2.24, 2.45) is 11.7 Å². The summed E-state index contributed by atoms with van der Waals surface area (Å²) in [6.07, 6.45) is 0.885. The van der Waals surface area contributed by atoms with Crippen molar-refractivity contribution < 1.29 is 14.3 Å². The van der Waals surface area contributed by atoms with Crippen molar-refractivity contribution in [1.82, 2.24) is 5.32 Å². The largest absolute Gasteiger partial charge is 0.370 e. The molecule has 1 aromatic rings. The van der Waals surface area contributed by atoms with E-state index >= 15 is 0 Å². The molecule has 1 aliphatic rings. The highest BCUT2D eigenvalue weighted by Gasteiger charge is 2.43. The van der Waals surface area contributed by atoms with E-state index in [-0.39, 0.29) is 18.4 Å². The predicted octanol–water partition coefficient (Wildman–Crippen LogP) is 1.17. The van der Waals surface area contributed by atoms with Gasteiger partial charge >= 0.3 is 0 Å². The van der Waals surface area contributed by atoms with E-state index in [0.717, 1.165) is 10.9 Å². The summed E-state index contributed by atoms with van der Waals surface area (Å²) in [6, 6.07) is 8.05. The van der Waals surface area contributed by atoms with Gasteiger partial charge in [0.25, 0.3) is 0 Å². The third kappa shape index (κ3) is 4.31. The van der Waals surface area contributed by atoms with Crippen LogP contribution in [-0.4, -0.2) is 31.6 Å². The maximum Gasteiger partial charge on any atom is 0.243 e. The smallest absolute Gasteiger partial charge is 0.243 e. The van der Waals surface area contributed by atoms with Crippen molar-refractivity contribution in [1.29, 1.82) is 0 Å². The first-order valence-electron chi connectivity index (χ1n) is 6.47. The average molecular weight is 341 g/mol. The molecular weight excluding hydrogens is 324 g/mol. The SMILES string of the molecule is NC(=O)COCCNC(=O)[C@@H]1C[C@H]1c1ccc(Br)cc1. The van der Waals surface area contributed by atoms with Crippen LogP contribution in [0.2, 0.25) is 0 Å². The Labute approximate surface area is 126 Å². The summed E-state index contributed by atoms with van der Waals surface area (Å²) in [5.41, 5.74) is 6.12. The van der Waals surface area contributed by atoms with E-state index in [1.54, 1.807) is 0 Å². The zero-order chi connectivity index (χ0) is 14.5. The molecule has 0 heterocycles. The quantitative estimate of drug-likeness (QED) is 0.731. The number of nitrogens with two attached hydrogens (primary N) is 1. The fourth-order valence-electron chi connectivity index (χ4n) is 2.11. The number of hydrogen-bond acceptors (Lipinski definition) is 3. The number of primary amides is 1. The zero-order valence-electron chi connectivity index (χ0n) is 11.0. The molecule has 3 N–H and O–H groups in total. The Morgan fingerprint density at radius 1 is 1.35 bits per heavy atom. The lowest BCUT2D eigenvalue weighted by molar-refractivity contribution is -0.123. The van der Waals surface area contributed by atoms with Crippen LogP contribution >= 0.6 is 15.9 Å². The Morgan fingerprint density at radius 2 is 2.05 bits per heavy atom. The summed E-state index contributed by atoms with van der Waals surface area (Å²) in [4.78, 5) is 22.3. The molecule has 1 aliphatic carbocycles. The highest BCUT2D eigenvalue weighted by molar-refractivity contribution is 9.10. The van der Waals surface area contributed by atoms with E-state index in [1.165, 1.54) is 5.56 Å². The third-order valence-electron chi connectivity index (χ3n) is 3.22. The van der Waals surface area contributed by atoms with Crippen LogP contribution in [0.15, 0.2) is 28.7 Å². The van der Waals surface area contributed by atoms with Crippen LogP contribution in [0, 0.1) is 5.92 Å². The molecule has 0 radical (unpaired) electrons. The fourth-order valence-corrected chi connectivity index (χ4v) is 2.38. The molecule has 6 heteroatoms. The Balaban J connectivity index is 1.68. The van der Waals surface area contributed by atoms with Crippen molar-refractivity contribution in [2.45, 2.75) is 12.3 Å². The summed E-state index contributed by atoms with van der Waals surface area (Å²) < 4.78 is 6.01. The van der Waals surface area contributed by atoms with Crippen LogP contribution in [-0.2, 0) is 14.3 Å². The normalized spacial score (nSPS) is 20.4. The minimum Gasteiger partial charge on any atom is -0.370 e. The minimum atomic E-state index is -0.506. The summed E-state index contributed by atoms with van der Waals surface area (Å²) in [6.45, 7) is 0.584. The number of ether oxygens (including phenoxy) is 1. The molecule has 0 aliphatic heterocycles. The first-order valence-corrected chi connectivity index (χ1v) is 7.26. The fraction of sp³-hybridized carbons (Fsp3) is 0.429. The lowest BCUT2D eigenvalue weighted by atomic mass is 10.1. The number of benzene rings is 1. The van der Waals surface area contributed by atoms with E-state index in [0.29, 0.717) is 19.1 Å². The molecule has 1 fully saturated rings. The van der Waals surface area contributed by atoms with Gasteiger partial charge in [0.15, 0.2) is 0 Å². The van der Waals surface area contributed by atoms with E-state index < -0.39 is 5.91 Å². The molecule has 0 saturated heterocycles. The number of hydrogen-bond donors (Lipinski definition) is 2. The third-order valence-corrected chi connectivity index (χ3v) is 3.74. The number of amides is 2. The van der Waals surface area contributed by atoms with Crippen molar-refractivity contribution in [3.8, 4) is 0 Å². The van der Waals surface area contributed by atoms with Crippen LogP contribution in [0.3, 0.4) is 0 Å². The van der Waals surface area contributed by atoms with Crippen LogP contribution < -0.4 is 11.1 Å². The second-order valence-corrected chi connectivity index (χ2v) is 5.73. The summed E-state index contributed by atoms with van der Waals surface area (Å²) in [7, 11) is 0. The maximum absolute atomic E-state index is 11.9. The van der Waals surface area contributed by atoms with Crippen LogP contribution in [0.4, 0.5) is 0 Å².